The van der Waals surface area contributed by atoms with Gasteiger partial charge in [-0.1, -0.05) is 27.7 Å². The van der Waals surface area contributed by atoms with Crippen LogP contribution in [0.4, 0.5) is 0 Å². The van der Waals surface area contributed by atoms with Crippen molar-refractivity contribution in [1.82, 2.24) is 15.2 Å². The zero-order valence-corrected chi connectivity index (χ0v) is 17.8. The normalized spacial score (nSPS) is 25.3. The molecule has 3 heterocycles. The minimum atomic E-state index is -0.758. The van der Waals surface area contributed by atoms with Crippen LogP contribution in [0.1, 0.15) is 38.1 Å². The van der Waals surface area contributed by atoms with Gasteiger partial charge in [-0.2, -0.15) is 0 Å². The van der Waals surface area contributed by atoms with Crippen molar-refractivity contribution >= 4 is 39.2 Å². The molecule has 0 aliphatic carbocycles. The molecular weight excluding hydrogens is 390 g/mol. The number of ether oxygens (including phenoxy) is 1. The lowest BCUT2D eigenvalue weighted by molar-refractivity contribution is -0.140. The number of thiazole rings is 1. The van der Waals surface area contributed by atoms with Crippen LogP contribution in [-0.2, 0) is 14.3 Å². The molecule has 1 aromatic heterocycles. The molecule has 1 N–H and O–H groups in total. The van der Waals surface area contributed by atoms with E-state index < -0.39 is 17.5 Å². The third-order valence-corrected chi connectivity index (χ3v) is 6.50. The topological polar surface area (TPSA) is 88.6 Å². The maximum absolute atomic E-state index is 13.5. The Morgan fingerprint density at radius 2 is 2.10 bits per heavy atom. The van der Waals surface area contributed by atoms with E-state index in [-0.39, 0.29) is 36.2 Å². The Morgan fingerprint density at radius 1 is 1.34 bits per heavy atom. The van der Waals surface area contributed by atoms with Crippen molar-refractivity contribution in [1.29, 1.82) is 0 Å². The summed E-state index contributed by atoms with van der Waals surface area (Å²) >= 11 is 1.46. The summed E-state index contributed by atoms with van der Waals surface area (Å²) < 4.78 is 6.51. The predicted molar refractivity (Wildman–Crippen MR) is 110 cm³/mol. The molecule has 0 unspecified atom stereocenters. The van der Waals surface area contributed by atoms with Crippen LogP contribution in [0.25, 0.3) is 10.2 Å². The number of hydrogen-bond acceptors (Lipinski definition) is 6. The quantitative estimate of drug-likeness (QED) is 0.831. The lowest BCUT2D eigenvalue weighted by Crippen LogP contribution is -2.57. The third kappa shape index (κ3) is 3.55. The van der Waals surface area contributed by atoms with Crippen LogP contribution >= 0.6 is 11.3 Å². The standard InChI is InChI=1S/C21H25N3O4S/c1-11-8-24(16-14(25)9-28-17(11)16)20(27)18(21(2,3)4)23-19(26)12-5-6-13-15(7-12)29-10-22-13/h5-7,10-11,16-18H,8-9H2,1-4H3,(H,23,26)/t11-,16-,17-,18-/m1/s1. The Hall–Kier alpha value is -2.32. The van der Waals surface area contributed by atoms with E-state index in [4.69, 9.17) is 4.74 Å². The van der Waals surface area contributed by atoms with Crippen LogP contribution in [0.3, 0.4) is 0 Å². The zero-order chi connectivity index (χ0) is 20.9. The molecule has 4 atom stereocenters. The highest BCUT2D eigenvalue weighted by Crippen LogP contribution is 2.33. The van der Waals surface area contributed by atoms with Crippen LogP contribution in [-0.4, -0.2) is 58.8 Å². The second-order valence-electron chi connectivity index (χ2n) is 8.96. The number of amides is 2. The summed E-state index contributed by atoms with van der Waals surface area (Å²) in [5.41, 5.74) is 2.54. The molecule has 2 aromatic rings. The minimum absolute atomic E-state index is 0.0465. The first-order chi connectivity index (χ1) is 13.7. The van der Waals surface area contributed by atoms with Gasteiger partial charge in [0.15, 0.2) is 5.78 Å². The Kier molecular flexibility index (Phi) is 4.94. The van der Waals surface area contributed by atoms with Gasteiger partial charge in [0.2, 0.25) is 5.91 Å². The lowest BCUT2D eigenvalue weighted by atomic mass is 9.85. The molecule has 7 nitrogen and oxygen atoms in total. The van der Waals surface area contributed by atoms with Gasteiger partial charge in [-0.25, -0.2) is 4.98 Å². The highest BCUT2D eigenvalue weighted by molar-refractivity contribution is 7.16. The van der Waals surface area contributed by atoms with Crippen LogP contribution in [0.2, 0.25) is 0 Å². The molecule has 0 radical (unpaired) electrons. The molecule has 0 spiro atoms. The second kappa shape index (κ2) is 7.18. The average molecular weight is 416 g/mol. The van der Waals surface area contributed by atoms with E-state index in [1.165, 1.54) is 11.3 Å². The van der Waals surface area contributed by atoms with Crippen molar-refractivity contribution in [2.24, 2.45) is 11.3 Å². The fourth-order valence-electron chi connectivity index (χ4n) is 4.14. The fourth-order valence-corrected chi connectivity index (χ4v) is 4.86. The van der Waals surface area contributed by atoms with Gasteiger partial charge in [-0.05, 0) is 23.6 Å². The van der Waals surface area contributed by atoms with Crippen molar-refractivity contribution in [3.63, 3.8) is 0 Å². The number of fused-ring (bicyclic) bond motifs is 2. The Morgan fingerprint density at radius 3 is 2.83 bits per heavy atom. The minimum Gasteiger partial charge on any atom is -0.367 e. The first-order valence-corrected chi connectivity index (χ1v) is 10.6. The van der Waals surface area contributed by atoms with E-state index in [1.54, 1.807) is 28.6 Å². The van der Waals surface area contributed by atoms with Crippen LogP contribution in [0.15, 0.2) is 23.7 Å². The predicted octanol–water partition coefficient (Wildman–Crippen LogP) is 2.26. The third-order valence-electron chi connectivity index (χ3n) is 5.71. The van der Waals surface area contributed by atoms with E-state index in [1.807, 2.05) is 27.7 Å². The van der Waals surface area contributed by atoms with E-state index in [0.717, 1.165) is 10.2 Å². The number of aromatic nitrogens is 1. The Bertz CT molecular complexity index is 980. The largest absolute Gasteiger partial charge is 0.367 e. The fraction of sp³-hybridized carbons (Fsp3) is 0.524. The van der Waals surface area contributed by atoms with E-state index >= 15 is 0 Å². The van der Waals surface area contributed by atoms with Crippen molar-refractivity contribution in [3.05, 3.63) is 29.3 Å². The number of nitrogens with zero attached hydrogens (tertiary/aromatic N) is 2. The number of benzene rings is 1. The van der Waals surface area contributed by atoms with Gasteiger partial charge < -0.3 is 15.0 Å². The van der Waals surface area contributed by atoms with Gasteiger partial charge in [0.1, 0.15) is 18.7 Å². The molecule has 0 bridgehead atoms. The van der Waals surface area contributed by atoms with Crippen molar-refractivity contribution in [2.75, 3.05) is 13.2 Å². The SMILES string of the molecule is C[C@@H]1CN(C(=O)[C@@H](NC(=O)c2ccc3ncsc3c2)C(C)(C)C)[C@@H]2C(=O)CO[C@H]12. The van der Waals surface area contributed by atoms with Crippen LogP contribution in [0.5, 0.6) is 0 Å². The van der Waals surface area contributed by atoms with Crippen molar-refractivity contribution < 1.29 is 19.1 Å². The Labute approximate surface area is 173 Å². The molecule has 0 saturated carbocycles. The van der Waals surface area contributed by atoms with Gasteiger partial charge in [0, 0.05) is 18.0 Å². The number of likely N-dealkylation sites (tertiary alicyclic amines) is 1. The molecule has 2 fully saturated rings. The van der Waals surface area contributed by atoms with E-state index in [9.17, 15) is 14.4 Å². The average Bonchev–Trinajstić information content (AvgIpc) is 3.35. The summed E-state index contributed by atoms with van der Waals surface area (Å²) in [7, 11) is 0. The molecule has 8 heteroatoms. The summed E-state index contributed by atoms with van der Waals surface area (Å²) in [5, 5.41) is 2.92. The monoisotopic (exact) mass is 415 g/mol. The second-order valence-corrected chi connectivity index (χ2v) is 9.85. The summed E-state index contributed by atoms with van der Waals surface area (Å²) in [4.78, 5) is 44.6. The highest BCUT2D eigenvalue weighted by Gasteiger charge is 2.52. The number of carbonyl (C=O) groups is 3. The summed E-state index contributed by atoms with van der Waals surface area (Å²) in [6.45, 7) is 8.21. The molecule has 2 aliphatic heterocycles. The van der Waals surface area contributed by atoms with Gasteiger partial charge in [0.25, 0.3) is 5.91 Å². The highest BCUT2D eigenvalue weighted by atomic mass is 32.1. The molecule has 1 aromatic carbocycles. The zero-order valence-electron chi connectivity index (χ0n) is 17.0. The summed E-state index contributed by atoms with van der Waals surface area (Å²) in [6, 6.07) is 3.99. The summed E-state index contributed by atoms with van der Waals surface area (Å²) in [5.74, 6) is -0.530. The van der Waals surface area contributed by atoms with Gasteiger partial charge >= 0.3 is 0 Å². The summed E-state index contributed by atoms with van der Waals surface area (Å²) in [6.07, 6.45) is -0.253. The smallest absolute Gasteiger partial charge is 0.251 e. The van der Waals surface area contributed by atoms with Gasteiger partial charge in [0.05, 0.1) is 21.8 Å². The molecule has 154 valence electrons. The number of ketones is 1. The number of hydrogen-bond donors (Lipinski definition) is 1. The van der Waals surface area contributed by atoms with Gasteiger partial charge in [-0.3, -0.25) is 14.4 Å². The number of nitrogens with one attached hydrogen (secondary N) is 1. The molecule has 4 rings (SSSR count). The first kappa shape index (κ1) is 20.0. The number of carbonyl (C=O) groups excluding carboxylic acids is 3. The molecular formula is C21H25N3O4S. The lowest BCUT2D eigenvalue weighted by Gasteiger charge is -2.35. The molecule has 2 saturated heterocycles. The van der Waals surface area contributed by atoms with Crippen molar-refractivity contribution in [3.8, 4) is 0 Å². The van der Waals surface area contributed by atoms with E-state index in [0.29, 0.717) is 12.1 Å². The molecule has 29 heavy (non-hydrogen) atoms. The number of rotatable bonds is 3. The van der Waals surface area contributed by atoms with Crippen LogP contribution < -0.4 is 5.32 Å². The molecule has 2 amide bonds. The maximum atomic E-state index is 13.5. The van der Waals surface area contributed by atoms with E-state index in [2.05, 4.69) is 10.3 Å². The van der Waals surface area contributed by atoms with Crippen molar-refractivity contribution in [2.45, 2.75) is 45.9 Å². The maximum Gasteiger partial charge on any atom is 0.251 e. The molecule has 2 aliphatic rings. The van der Waals surface area contributed by atoms with Crippen LogP contribution in [0, 0.1) is 11.3 Å². The first-order valence-electron chi connectivity index (χ1n) is 9.75. The number of Topliss-reactive ketones (excluding diaryl/α,β-unsaturated/α-hetero) is 1. The Balaban J connectivity index is 1.58. The van der Waals surface area contributed by atoms with Gasteiger partial charge in [-0.15, -0.1) is 11.3 Å².